The van der Waals surface area contributed by atoms with Crippen molar-refractivity contribution in [1.29, 1.82) is 0 Å². The smallest absolute Gasteiger partial charge is 0.0931 e. The molecule has 0 amide bonds. The van der Waals surface area contributed by atoms with Crippen LogP contribution in [-0.4, -0.2) is 4.98 Å². The molecule has 0 aliphatic heterocycles. The Morgan fingerprint density at radius 2 is 2.00 bits per heavy atom. The number of anilines is 1. The van der Waals surface area contributed by atoms with E-state index < -0.39 is 0 Å². The van der Waals surface area contributed by atoms with Crippen molar-refractivity contribution in [3.63, 3.8) is 0 Å². The van der Waals surface area contributed by atoms with Crippen LogP contribution in [0, 0.1) is 3.57 Å². The minimum atomic E-state index is 0.717. The standard InChI is InChI=1S/C11H9IN2/c12-9-4-1-3-8(7-9)11-10(13)5-2-6-14-11/h1-7H,13H2. The lowest BCUT2D eigenvalue weighted by Gasteiger charge is -2.03. The summed E-state index contributed by atoms with van der Waals surface area (Å²) in [7, 11) is 0. The molecule has 70 valence electrons. The highest BCUT2D eigenvalue weighted by atomic mass is 127. The summed E-state index contributed by atoms with van der Waals surface area (Å²) in [5, 5.41) is 0. The van der Waals surface area contributed by atoms with Crippen molar-refractivity contribution in [1.82, 2.24) is 4.98 Å². The third kappa shape index (κ3) is 1.87. The van der Waals surface area contributed by atoms with Gasteiger partial charge in [0.05, 0.1) is 11.4 Å². The molecule has 2 nitrogen and oxygen atoms in total. The molecule has 2 aromatic rings. The monoisotopic (exact) mass is 296 g/mol. The maximum Gasteiger partial charge on any atom is 0.0931 e. The molecule has 1 aromatic carbocycles. The molecule has 0 bridgehead atoms. The topological polar surface area (TPSA) is 38.9 Å². The molecule has 2 N–H and O–H groups in total. The van der Waals surface area contributed by atoms with E-state index in [0.29, 0.717) is 0 Å². The summed E-state index contributed by atoms with van der Waals surface area (Å²) < 4.78 is 1.19. The van der Waals surface area contributed by atoms with E-state index in [1.807, 2.05) is 30.3 Å². The van der Waals surface area contributed by atoms with Gasteiger partial charge in [0.2, 0.25) is 0 Å². The largest absolute Gasteiger partial charge is 0.397 e. The SMILES string of the molecule is Nc1cccnc1-c1cccc(I)c1. The summed E-state index contributed by atoms with van der Waals surface area (Å²) in [5.41, 5.74) is 8.47. The summed E-state index contributed by atoms with van der Waals surface area (Å²) >= 11 is 2.28. The zero-order valence-electron chi connectivity index (χ0n) is 7.44. The molecule has 0 spiro atoms. The number of nitrogens with two attached hydrogens (primary N) is 1. The van der Waals surface area contributed by atoms with E-state index in [0.717, 1.165) is 16.9 Å². The van der Waals surface area contributed by atoms with E-state index >= 15 is 0 Å². The number of hydrogen-bond donors (Lipinski definition) is 1. The number of nitrogens with zero attached hydrogens (tertiary/aromatic N) is 1. The maximum absolute atomic E-state index is 5.84. The van der Waals surface area contributed by atoms with Gasteiger partial charge in [0.15, 0.2) is 0 Å². The fourth-order valence-corrected chi connectivity index (χ4v) is 1.84. The molecule has 0 aliphatic carbocycles. The quantitative estimate of drug-likeness (QED) is 0.822. The molecule has 0 aliphatic rings. The van der Waals surface area contributed by atoms with Gasteiger partial charge in [-0.2, -0.15) is 0 Å². The Morgan fingerprint density at radius 1 is 1.14 bits per heavy atom. The summed E-state index contributed by atoms with van der Waals surface area (Å²) in [6.45, 7) is 0. The van der Waals surface area contributed by atoms with Crippen molar-refractivity contribution < 1.29 is 0 Å². The molecule has 0 saturated heterocycles. The van der Waals surface area contributed by atoms with Crippen LogP contribution >= 0.6 is 22.6 Å². The maximum atomic E-state index is 5.84. The fourth-order valence-electron chi connectivity index (χ4n) is 1.29. The first kappa shape index (κ1) is 9.45. The Morgan fingerprint density at radius 3 is 2.71 bits per heavy atom. The second-order valence-electron chi connectivity index (χ2n) is 2.95. The lowest BCUT2D eigenvalue weighted by Crippen LogP contribution is -1.92. The van der Waals surface area contributed by atoms with Gasteiger partial charge in [0.1, 0.15) is 0 Å². The van der Waals surface area contributed by atoms with Crippen LogP contribution in [0.5, 0.6) is 0 Å². The lowest BCUT2D eigenvalue weighted by atomic mass is 10.1. The fraction of sp³-hybridized carbons (Fsp3) is 0. The minimum Gasteiger partial charge on any atom is -0.397 e. The first-order valence-corrected chi connectivity index (χ1v) is 5.31. The van der Waals surface area contributed by atoms with Crippen LogP contribution in [0.1, 0.15) is 0 Å². The number of nitrogen functional groups attached to an aromatic ring is 1. The average Bonchev–Trinajstić information content (AvgIpc) is 2.18. The number of hydrogen-bond acceptors (Lipinski definition) is 2. The number of rotatable bonds is 1. The van der Waals surface area contributed by atoms with Gasteiger partial charge >= 0.3 is 0 Å². The van der Waals surface area contributed by atoms with Gasteiger partial charge in [0.25, 0.3) is 0 Å². The molecule has 0 fully saturated rings. The summed E-state index contributed by atoms with van der Waals surface area (Å²) in [6, 6.07) is 11.8. The van der Waals surface area contributed by atoms with Gasteiger partial charge in [-0.25, -0.2) is 0 Å². The van der Waals surface area contributed by atoms with Gasteiger partial charge in [-0.15, -0.1) is 0 Å². The van der Waals surface area contributed by atoms with E-state index in [-0.39, 0.29) is 0 Å². The van der Waals surface area contributed by atoms with Crippen molar-refractivity contribution in [2.45, 2.75) is 0 Å². The molecule has 0 radical (unpaired) electrons. The molecule has 1 heterocycles. The minimum absolute atomic E-state index is 0.717. The number of pyridine rings is 1. The van der Waals surface area contributed by atoms with Crippen LogP contribution < -0.4 is 5.73 Å². The highest BCUT2D eigenvalue weighted by Gasteiger charge is 2.02. The first-order chi connectivity index (χ1) is 6.77. The van der Waals surface area contributed by atoms with Crippen LogP contribution in [0.3, 0.4) is 0 Å². The first-order valence-electron chi connectivity index (χ1n) is 4.24. The molecule has 2 rings (SSSR count). The van der Waals surface area contributed by atoms with Crippen molar-refractivity contribution in [2.75, 3.05) is 5.73 Å². The Hall–Kier alpha value is -1.10. The number of halogens is 1. The zero-order chi connectivity index (χ0) is 9.97. The molecule has 14 heavy (non-hydrogen) atoms. The van der Waals surface area contributed by atoms with Gasteiger partial charge in [-0.3, -0.25) is 4.98 Å². The van der Waals surface area contributed by atoms with E-state index in [4.69, 9.17) is 5.73 Å². The summed E-state index contributed by atoms with van der Waals surface area (Å²) in [6.07, 6.45) is 1.76. The Kier molecular flexibility index (Phi) is 2.67. The molecule has 0 atom stereocenters. The van der Waals surface area contributed by atoms with Gasteiger partial charge in [-0.1, -0.05) is 12.1 Å². The summed E-state index contributed by atoms with van der Waals surface area (Å²) in [4.78, 5) is 4.26. The van der Waals surface area contributed by atoms with Crippen LogP contribution in [0.2, 0.25) is 0 Å². The molecule has 0 unspecified atom stereocenters. The molecular weight excluding hydrogens is 287 g/mol. The van der Waals surface area contributed by atoms with Crippen LogP contribution in [0.4, 0.5) is 5.69 Å². The normalized spacial score (nSPS) is 10.1. The third-order valence-electron chi connectivity index (χ3n) is 1.94. The van der Waals surface area contributed by atoms with E-state index in [9.17, 15) is 0 Å². The lowest BCUT2D eigenvalue weighted by molar-refractivity contribution is 1.33. The second kappa shape index (κ2) is 3.96. The van der Waals surface area contributed by atoms with Crippen LogP contribution in [0.15, 0.2) is 42.6 Å². The van der Waals surface area contributed by atoms with E-state index in [2.05, 4.69) is 33.6 Å². The third-order valence-corrected chi connectivity index (χ3v) is 2.61. The van der Waals surface area contributed by atoms with Crippen molar-refractivity contribution >= 4 is 28.3 Å². The van der Waals surface area contributed by atoms with Crippen LogP contribution in [0.25, 0.3) is 11.3 Å². The van der Waals surface area contributed by atoms with Gasteiger partial charge < -0.3 is 5.73 Å². The highest BCUT2D eigenvalue weighted by molar-refractivity contribution is 14.1. The number of aromatic nitrogens is 1. The summed E-state index contributed by atoms with van der Waals surface area (Å²) in [5.74, 6) is 0. The van der Waals surface area contributed by atoms with Crippen molar-refractivity contribution in [3.05, 3.63) is 46.2 Å². The van der Waals surface area contributed by atoms with Crippen molar-refractivity contribution in [2.24, 2.45) is 0 Å². The van der Waals surface area contributed by atoms with E-state index in [1.54, 1.807) is 6.20 Å². The van der Waals surface area contributed by atoms with E-state index in [1.165, 1.54) is 3.57 Å². The van der Waals surface area contributed by atoms with Gasteiger partial charge in [-0.05, 0) is 46.9 Å². The molecule has 0 saturated carbocycles. The Labute approximate surface area is 96.3 Å². The predicted octanol–water partition coefficient (Wildman–Crippen LogP) is 2.94. The number of benzene rings is 1. The zero-order valence-corrected chi connectivity index (χ0v) is 9.60. The average molecular weight is 296 g/mol. The van der Waals surface area contributed by atoms with Gasteiger partial charge in [0, 0.05) is 15.3 Å². The molecular formula is C11H9IN2. The van der Waals surface area contributed by atoms with Crippen LogP contribution in [-0.2, 0) is 0 Å². The second-order valence-corrected chi connectivity index (χ2v) is 4.20. The molecule has 3 heteroatoms. The Balaban J connectivity index is 2.55. The Bertz CT molecular complexity index is 455. The highest BCUT2D eigenvalue weighted by Crippen LogP contribution is 2.23. The van der Waals surface area contributed by atoms with Crippen molar-refractivity contribution in [3.8, 4) is 11.3 Å². The predicted molar refractivity (Wildman–Crippen MR) is 66.8 cm³/mol. The molecule has 1 aromatic heterocycles.